The summed E-state index contributed by atoms with van der Waals surface area (Å²) in [5.41, 5.74) is -0.266. The quantitative estimate of drug-likeness (QED) is 0.783. The molecule has 2 N–H and O–H groups in total. The predicted molar refractivity (Wildman–Crippen MR) is 57.0 cm³/mol. The zero-order valence-corrected chi connectivity index (χ0v) is 8.86. The number of hydrogen-bond acceptors (Lipinski definition) is 3. The molecule has 0 radical (unpaired) electrons. The molecule has 82 valence electrons. The van der Waals surface area contributed by atoms with Gasteiger partial charge in [0, 0.05) is 5.56 Å². The van der Waals surface area contributed by atoms with Gasteiger partial charge in [-0.15, -0.1) is 0 Å². The van der Waals surface area contributed by atoms with E-state index in [4.69, 9.17) is 4.74 Å². The second-order valence-corrected chi connectivity index (χ2v) is 4.12. The van der Waals surface area contributed by atoms with Gasteiger partial charge >= 0.3 is 0 Å². The Kier molecular flexibility index (Phi) is 2.57. The van der Waals surface area contributed by atoms with Crippen LogP contribution in [0.25, 0.3) is 0 Å². The molecule has 0 amide bonds. The lowest BCUT2D eigenvalue weighted by Crippen LogP contribution is -2.20. The molecule has 1 fully saturated rings. The van der Waals surface area contributed by atoms with Crippen LogP contribution in [-0.4, -0.2) is 17.3 Å². The summed E-state index contributed by atoms with van der Waals surface area (Å²) in [5, 5.41) is 20.1. The highest BCUT2D eigenvalue weighted by atomic mass is 16.5. The summed E-state index contributed by atoms with van der Waals surface area (Å²) in [4.78, 5) is 0. The van der Waals surface area contributed by atoms with Crippen LogP contribution >= 0.6 is 0 Å². The van der Waals surface area contributed by atoms with E-state index in [1.807, 2.05) is 0 Å². The van der Waals surface area contributed by atoms with Gasteiger partial charge in [0.15, 0.2) is 0 Å². The van der Waals surface area contributed by atoms with Gasteiger partial charge in [-0.1, -0.05) is 12.8 Å². The lowest BCUT2D eigenvalue weighted by atomic mass is 9.91. The van der Waals surface area contributed by atoms with Gasteiger partial charge in [0.1, 0.15) is 11.5 Å². The van der Waals surface area contributed by atoms with Gasteiger partial charge in [-0.05, 0) is 31.0 Å². The molecule has 0 bridgehead atoms. The highest BCUT2D eigenvalue weighted by molar-refractivity contribution is 5.43. The first-order valence-corrected chi connectivity index (χ1v) is 5.25. The molecule has 1 aliphatic rings. The number of aromatic hydroxyl groups is 1. The largest absolute Gasteiger partial charge is 0.508 e. The van der Waals surface area contributed by atoms with E-state index < -0.39 is 5.60 Å². The summed E-state index contributed by atoms with van der Waals surface area (Å²) < 4.78 is 5.09. The molecule has 0 unspecified atom stereocenters. The minimum Gasteiger partial charge on any atom is -0.508 e. The Bertz CT molecular complexity index is 354. The number of ether oxygens (including phenoxy) is 1. The summed E-state index contributed by atoms with van der Waals surface area (Å²) in [6, 6.07) is 4.99. The normalized spacial score (nSPS) is 19.1. The SMILES string of the molecule is COc1ccc(O)c(C2(O)CCCC2)c1. The predicted octanol–water partition coefficient (Wildman–Crippen LogP) is 2.16. The topological polar surface area (TPSA) is 49.7 Å². The van der Waals surface area contributed by atoms with Crippen LogP contribution in [0.2, 0.25) is 0 Å². The van der Waals surface area contributed by atoms with Crippen LogP contribution in [0.15, 0.2) is 18.2 Å². The number of phenols is 1. The number of aliphatic hydroxyl groups is 1. The Morgan fingerprint density at radius 1 is 1.27 bits per heavy atom. The average Bonchev–Trinajstić information content (AvgIpc) is 2.67. The van der Waals surface area contributed by atoms with Crippen molar-refractivity contribution in [3.63, 3.8) is 0 Å². The summed E-state index contributed by atoms with van der Waals surface area (Å²) >= 11 is 0. The second-order valence-electron chi connectivity index (χ2n) is 4.12. The van der Waals surface area contributed by atoms with E-state index in [2.05, 4.69) is 0 Å². The highest BCUT2D eigenvalue weighted by Gasteiger charge is 2.35. The molecule has 0 saturated heterocycles. The second kappa shape index (κ2) is 3.74. The molecule has 3 heteroatoms. The smallest absolute Gasteiger partial charge is 0.121 e. The fraction of sp³-hybridized carbons (Fsp3) is 0.500. The molecule has 0 spiro atoms. The van der Waals surface area contributed by atoms with Gasteiger partial charge < -0.3 is 14.9 Å². The molecule has 0 atom stereocenters. The van der Waals surface area contributed by atoms with Gasteiger partial charge in [0.2, 0.25) is 0 Å². The first kappa shape index (κ1) is 10.3. The van der Waals surface area contributed by atoms with E-state index in [0.717, 1.165) is 12.8 Å². The minimum atomic E-state index is -0.862. The number of phenolic OH excluding ortho intramolecular Hbond substituents is 1. The van der Waals surface area contributed by atoms with Crippen LogP contribution in [0.1, 0.15) is 31.2 Å². The fourth-order valence-electron chi connectivity index (χ4n) is 2.24. The molecular weight excluding hydrogens is 192 g/mol. The van der Waals surface area contributed by atoms with Crippen molar-refractivity contribution in [2.75, 3.05) is 7.11 Å². The number of hydrogen-bond donors (Lipinski definition) is 2. The first-order chi connectivity index (χ1) is 7.15. The lowest BCUT2D eigenvalue weighted by Gasteiger charge is -2.24. The molecule has 0 aliphatic heterocycles. The van der Waals surface area contributed by atoms with E-state index in [9.17, 15) is 10.2 Å². The van der Waals surface area contributed by atoms with E-state index in [-0.39, 0.29) is 5.75 Å². The monoisotopic (exact) mass is 208 g/mol. The van der Waals surface area contributed by atoms with Crippen LogP contribution in [0.3, 0.4) is 0 Å². The molecule has 3 nitrogen and oxygen atoms in total. The van der Waals surface area contributed by atoms with Gasteiger partial charge in [0.25, 0.3) is 0 Å². The van der Waals surface area contributed by atoms with E-state index in [1.54, 1.807) is 25.3 Å². The maximum atomic E-state index is 10.3. The van der Waals surface area contributed by atoms with Gasteiger partial charge in [-0.3, -0.25) is 0 Å². The van der Waals surface area contributed by atoms with Crippen LogP contribution < -0.4 is 4.74 Å². The summed E-state index contributed by atoms with van der Waals surface area (Å²) in [6.45, 7) is 0. The first-order valence-electron chi connectivity index (χ1n) is 5.25. The molecule has 1 aromatic rings. The molecule has 15 heavy (non-hydrogen) atoms. The highest BCUT2D eigenvalue weighted by Crippen LogP contribution is 2.43. The van der Waals surface area contributed by atoms with Crippen molar-refractivity contribution in [2.45, 2.75) is 31.3 Å². The third kappa shape index (κ3) is 1.79. The fourth-order valence-corrected chi connectivity index (χ4v) is 2.24. The Labute approximate surface area is 89.3 Å². The Hall–Kier alpha value is -1.22. The standard InChI is InChI=1S/C12H16O3/c1-15-9-4-5-11(13)10(8-9)12(14)6-2-3-7-12/h4-5,8,13-14H,2-3,6-7H2,1H3. The van der Waals surface area contributed by atoms with Crippen molar-refractivity contribution in [1.82, 2.24) is 0 Å². The maximum Gasteiger partial charge on any atom is 0.121 e. The van der Waals surface area contributed by atoms with Crippen molar-refractivity contribution in [3.05, 3.63) is 23.8 Å². The number of rotatable bonds is 2. The third-order valence-electron chi connectivity index (χ3n) is 3.14. The van der Waals surface area contributed by atoms with E-state index in [0.29, 0.717) is 24.2 Å². The third-order valence-corrected chi connectivity index (χ3v) is 3.14. The lowest BCUT2D eigenvalue weighted by molar-refractivity contribution is 0.0418. The van der Waals surface area contributed by atoms with Gasteiger partial charge in [-0.2, -0.15) is 0 Å². The van der Waals surface area contributed by atoms with E-state index >= 15 is 0 Å². The maximum absolute atomic E-state index is 10.3. The number of methoxy groups -OCH3 is 1. The Balaban J connectivity index is 2.41. The van der Waals surface area contributed by atoms with Crippen molar-refractivity contribution in [3.8, 4) is 11.5 Å². The molecule has 0 heterocycles. The summed E-state index contributed by atoms with van der Waals surface area (Å²) in [5.74, 6) is 0.823. The Morgan fingerprint density at radius 2 is 1.93 bits per heavy atom. The van der Waals surface area contributed by atoms with Crippen LogP contribution in [0.4, 0.5) is 0 Å². The van der Waals surface area contributed by atoms with Crippen molar-refractivity contribution >= 4 is 0 Å². The van der Waals surface area contributed by atoms with Crippen molar-refractivity contribution in [2.24, 2.45) is 0 Å². The zero-order valence-electron chi connectivity index (χ0n) is 8.86. The Morgan fingerprint density at radius 3 is 2.53 bits per heavy atom. The van der Waals surface area contributed by atoms with Crippen LogP contribution in [0.5, 0.6) is 11.5 Å². The van der Waals surface area contributed by atoms with Crippen LogP contribution in [0, 0.1) is 0 Å². The molecule has 1 aromatic carbocycles. The molecule has 1 aliphatic carbocycles. The summed E-state index contributed by atoms with van der Waals surface area (Å²) in [6.07, 6.45) is 3.45. The van der Waals surface area contributed by atoms with Gasteiger partial charge in [-0.25, -0.2) is 0 Å². The minimum absolute atomic E-state index is 0.153. The average molecular weight is 208 g/mol. The van der Waals surface area contributed by atoms with Gasteiger partial charge in [0.05, 0.1) is 12.7 Å². The summed E-state index contributed by atoms with van der Waals surface area (Å²) in [7, 11) is 1.58. The zero-order chi connectivity index (χ0) is 10.9. The number of benzene rings is 1. The van der Waals surface area contributed by atoms with Crippen molar-refractivity contribution < 1.29 is 14.9 Å². The molecule has 0 aromatic heterocycles. The van der Waals surface area contributed by atoms with Crippen LogP contribution in [-0.2, 0) is 5.60 Å². The van der Waals surface area contributed by atoms with E-state index in [1.165, 1.54) is 0 Å². The molecular formula is C12H16O3. The van der Waals surface area contributed by atoms with Crippen molar-refractivity contribution in [1.29, 1.82) is 0 Å². The molecule has 1 saturated carbocycles. The molecule has 2 rings (SSSR count).